The molecule has 0 amide bonds. The first-order valence-electron chi connectivity index (χ1n) is 15.4. The molecule has 0 fully saturated rings. The van der Waals surface area contributed by atoms with Gasteiger partial charge in [-0.05, 0) is 101 Å². The van der Waals surface area contributed by atoms with Crippen molar-refractivity contribution in [1.29, 1.82) is 0 Å². The smallest absolute Gasteiger partial charge is 0.0355 e. The van der Waals surface area contributed by atoms with Gasteiger partial charge < -0.3 is 0 Å². The fourth-order valence-electron chi connectivity index (χ4n) is 6.87. The number of rotatable bonds is 4. The summed E-state index contributed by atoms with van der Waals surface area (Å²) in [5, 5.41) is 10.2. The number of fused-ring (bicyclic) bond motifs is 4. The molecule has 45 heavy (non-hydrogen) atoms. The molecular formula is C44H28S. The summed E-state index contributed by atoms with van der Waals surface area (Å²) in [7, 11) is 0. The van der Waals surface area contributed by atoms with Crippen LogP contribution >= 0.6 is 11.3 Å². The van der Waals surface area contributed by atoms with Crippen LogP contribution in [0.5, 0.6) is 0 Å². The summed E-state index contributed by atoms with van der Waals surface area (Å²) < 4.78 is 0. The molecule has 0 nitrogen and oxygen atoms in total. The Bertz CT molecular complexity index is 2370. The molecule has 210 valence electrons. The van der Waals surface area contributed by atoms with Crippen molar-refractivity contribution < 1.29 is 0 Å². The maximum absolute atomic E-state index is 2.31. The Labute approximate surface area is 266 Å². The van der Waals surface area contributed by atoms with Gasteiger partial charge in [0.1, 0.15) is 0 Å². The van der Waals surface area contributed by atoms with Crippen LogP contribution in [-0.4, -0.2) is 0 Å². The van der Waals surface area contributed by atoms with Gasteiger partial charge in [-0.15, -0.1) is 11.3 Å². The Morgan fingerprint density at radius 1 is 0.267 bits per heavy atom. The molecule has 0 unspecified atom stereocenters. The third kappa shape index (κ3) is 4.44. The lowest BCUT2D eigenvalue weighted by atomic mass is 9.93. The Hall–Kier alpha value is -5.50. The van der Waals surface area contributed by atoms with Crippen molar-refractivity contribution in [3.05, 3.63) is 170 Å². The van der Waals surface area contributed by atoms with Gasteiger partial charge >= 0.3 is 0 Å². The summed E-state index contributed by atoms with van der Waals surface area (Å²) in [4.78, 5) is 2.57. The van der Waals surface area contributed by atoms with Crippen LogP contribution in [0.15, 0.2) is 170 Å². The first-order valence-corrected chi connectivity index (χ1v) is 16.2. The molecular weight excluding hydrogens is 561 g/mol. The van der Waals surface area contributed by atoms with E-state index < -0.39 is 0 Å². The van der Waals surface area contributed by atoms with Crippen LogP contribution in [-0.2, 0) is 0 Å². The van der Waals surface area contributed by atoms with E-state index in [-0.39, 0.29) is 0 Å². The molecule has 0 atom stereocenters. The van der Waals surface area contributed by atoms with Gasteiger partial charge in [0.05, 0.1) is 0 Å². The second-order valence-corrected chi connectivity index (χ2v) is 12.8. The molecule has 0 saturated heterocycles. The average molecular weight is 589 g/mol. The third-order valence-electron chi connectivity index (χ3n) is 9.11. The minimum atomic E-state index is 1.25. The Morgan fingerprint density at radius 2 is 0.622 bits per heavy atom. The molecule has 0 aliphatic rings. The van der Waals surface area contributed by atoms with E-state index in [9.17, 15) is 0 Å². The van der Waals surface area contributed by atoms with Crippen molar-refractivity contribution in [2.24, 2.45) is 0 Å². The summed E-state index contributed by atoms with van der Waals surface area (Å²) in [5.74, 6) is 0. The molecule has 8 aromatic carbocycles. The quantitative estimate of drug-likeness (QED) is 0.192. The number of benzene rings is 8. The highest BCUT2D eigenvalue weighted by molar-refractivity contribution is 7.19. The fourth-order valence-corrected chi connectivity index (χ4v) is 7.96. The molecule has 0 spiro atoms. The van der Waals surface area contributed by atoms with Gasteiger partial charge in [0.25, 0.3) is 0 Å². The maximum atomic E-state index is 2.31. The minimum Gasteiger partial charge on any atom is -0.135 e. The molecule has 0 radical (unpaired) electrons. The highest BCUT2D eigenvalue weighted by Crippen LogP contribution is 2.43. The summed E-state index contributed by atoms with van der Waals surface area (Å²) in [5.41, 5.74) is 7.61. The van der Waals surface area contributed by atoms with Crippen molar-refractivity contribution in [3.8, 4) is 43.1 Å². The van der Waals surface area contributed by atoms with Crippen LogP contribution < -0.4 is 0 Å². The van der Waals surface area contributed by atoms with Gasteiger partial charge in [-0.3, -0.25) is 0 Å². The van der Waals surface area contributed by atoms with Gasteiger partial charge in [-0.1, -0.05) is 146 Å². The Kier molecular flexibility index (Phi) is 6.11. The van der Waals surface area contributed by atoms with Gasteiger partial charge in [-0.25, -0.2) is 0 Å². The lowest BCUT2D eigenvalue weighted by Crippen LogP contribution is -1.85. The first-order chi connectivity index (χ1) is 22.3. The zero-order valence-electron chi connectivity index (χ0n) is 24.6. The number of hydrogen-bond donors (Lipinski definition) is 0. The van der Waals surface area contributed by atoms with E-state index in [1.54, 1.807) is 0 Å². The molecule has 1 aromatic heterocycles. The SMILES string of the molecule is c1ccc2cc(-c3ccc(-c4ccc(-c5ccc(-c6ccc7ccccc7c6)c6ccccc56)s4)c4ccccc34)ccc2c1. The first kappa shape index (κ1) is 25.9. The zero-order valence-corrected chi connectivity index (χ0v) is 25.4. The summed E-state index contributed by atoms with van der Waals surface area (Å²) in [6.07, 6.45) is 0. The van der Waals surface area contributed by atoms with Crippen molar-refractivity contribution in [1.82, 2.24) is 0 Å². The molecule has 0 aliphatic heterocycles. The molecule has 1 heterocycles. The van der Waals surface area contributed by atoms with Crippen molar-refractivity contribution in [2.75, 3.05) is 0 Å². The molecule has 9 aromatic rings. The second kappa shape index (κ2) is 10.6. The predicted molar refractivity (Wildman–Crippen MR) is 196 cm³/mol. The third-order valence-corrected chi connectivity index (χ3v) is 10.3. The monoisotopic (exact) mass is 588 g/mol. The summed E-state index contributed by atoms with van der Waals surface area (Å²) in [6.45, 7) is 0. The van der Waals surface area contributed by atoms with E-state index in [0.29, 0.717) is 0 Å². The lowest BCUT2D eigenvalue weighted by Gasteiger charge is -2.12. The molecule has 1 heteroatoms. The van der Waals surface area contributed by atoms with Crippen molar-refractivity contribution in [2.45, 2.75) is 0 Å². The molecule has 0 aliphatic carbocycles. The zero-order chi connectivity index (χ0) is 29.7. The fraction of sp³-hybridized carbons (Fsp3) is 0. The summed E-state index contributed by atoms with van der Waals surface area (Å²) in [6, 6.07) is 62.2. The Balaban J connectivity index is 1.14. The molecule has 9 rings (SSSR count). The minimum absolute atomic E-state index is 1.25. The summed E-state index contributed by atoms with van der Waals surface area (Å²) >= 11 is 1.88. The van der Waals surface area contributed by atoms with E-state index in [1.165, 1.54) is 86.2 Å². The largest absolute Gasteiger partial charge is 0.135 e. The van der Waals surface area contributed by atoms with Crippen molar-refractivity contribution >= 4 is 54.4 Å². The Morgan fingerprint density at radius 3 is 1.07 bits per heavy atom. The van der Waals surface area contributed by atoms with Crippen LogP contribution in [0.1, 0.15) is 0 Å². The molecule has 0 N–H and O–H groups in total. The standard InChI is InChI=1S/C44H28S/c1-3-11-31-27-33(19-17-29(31)9-1)35-21-23-41(39-15-7-5-13-37(35)39)43-25-26-44(45-43)42-24-22-36(38-14-6-8-16-40(38)42)34-20-18-30-10-2-4-12-32(30)28-34/h1-28H. The highest BCUT2D eigenvalue weighted by atomic mass is 32.1. The van der Waals surface area contributed by atoms with Crippen molar-refractivity contribution in [3.63, 3.8) is 0 Å². The molecule has 0 bridgehead atoms. The second-order valence-electron chi connectivity index (χ2n) is 11.7. The van der Waals surface area contributed by atoms with Crippen LogP contribution in [0.25, 0.3) is 86.2 Å². The average Bonchev–Trinajstić information content (AvgIpc) is 3.60. The van der Waals surface area contributed by atoms with E-state index in [4.69, 9.17) is 0 Å². The van der Waals surface area contributed by atoms with E-state index in [1.807, 2.05) is 11.3 Å². The topological polar surface area (TPSA) is 0 Å². The highest BCUT2D eigenvalue weighted by Gasteiger charge is 2.15. The molecule has 0 saturated carbocycles. The van der Waals surface area contributed by atoms with Gasteiger partial charge in [0.2, 0.25) is 0 Å². The van der Waals surface area contributed by atoms with Gasteiger partial charge in [-0.2, -0.15) is 0 Å². The normalized spacial score (nSPS) is 11.6. The van der Waals surface area contributed by atoms with E-state index >= 15 is 0 Å². The number of thiophene rings is 1. The van der Waals surface area contributed by atoms with E-state index in [0.717, 1.165) is 0 Å². The maximum Gasteiger partial charge on any atom is 0.0355 e. The predicted octanol–water partition coefficient (Wildman–Crippen LogP) is 13.0. The van der Waals surface area contributed by atoms with Crippen LogP contribution in [0, 0.1) is 0 Å². The van der Waals surface area contributed by atoms with Gasteiger partial charge in [0, 0.05) is 9.75 Å². The van der Waals surface area contributed by atoms with Crippen LogP contribution in [0.2, 0.25) is 0 Å². The number of hydrogen-bond acceptors (Lipinski definition) is 1. The lowest BCUT2D eigenvalue weighted by molar-refractivity contribution is 1.67. The van der Waals surface area contributed by atoms with Crippen LogP contribution in [0.4, 0.5) is 0 Å². The van der Waals surface area contributed by atoms with Gasteiger partial charge in [0.15, 0.2) is 0 Å². The van der Waals surface area contributed by atoms with Crippen LogP contribution in [0.3, 0.4) is 0 Å². The van der Waals surface area contributed by atoms with E-state index in [2.05, 4.69) is 170 Å².